The van der Waals surface area contributed by atoms with E-state index < -0.39 is 15.5 Å². The highest BCUT2D eigenvalue weighted by Crippen LogP contribution is 2.29. The second-order valence-electron chi connectivity index (χ2n) is 5.15. The first-order valence-corrected chi connectivity index (χ1v) is 9.32. The Morgan fingerprint density at radius 3 is 2.44 bits per heavy atom. The molecule has 0 spiro atoms. The Hall–Kier alpha value is -3.37. The molecule has 0 bridgehead atoms. The van der Waals surface area contributed by atoms with Crippen LogP contribution in [-0.2, 0) is 0 Å². The number of benzene rings is 1. The monoisotopic (exact) mass is 400 g/mol. The van der Waals surface area contributed by atoms with Crippen LogP contribution < -0.4 is 5.43 Å². The van der Waals surface area contributed by atoms with Crippen molar-refractivity contribution in [1.29, 1.82) is 0 Å². The zero-order valence-electron chi connectivity index (χ0n) is 13.6. The fourth-order valence-corrected chi connectivity index (χ4v) is 3.46. The van der Waals surface area contributed by atoms with Crippen molar-refractivity contribution in [3.63, 3.8) is 0 Å². The second kappa shape index (κ2) is 8.34. The summed E-state index contributed by atoms with van der Waals surface area (Å²) in [5.74, 6) is 0. The Morgan fingerprint density at radius 1 is 1.04 bits per heavy atom. The van der Waals surface area contributed by atoms with Crippen molar-refractivity contribution in [1.82, 2.24) is 0 Å². The molecule has 0 atom stereocenters. The van der Waals surface area contributed by atoms with Crippen LogP contribution in [0.5, 0.6) is 0 Å². The van der Waals surface area contributed by atoms with Crippen molar-refractivity contribution in [2.45, 2.75) is 0 Å². The summed E-state index contributed by atoms with van der Waals surface area (Å²) < 4.78 is 0. The second-order valence-corrected chi connectivity index (χ2v) is 7.08. The van der Waals surface area contributed by atoms with Crippen molar-refractivity contribution < 1.29 is 9.85 Å². The highest BCUT2D eigenvalue weighted by molar-refractivity contribution is 7.12. The minimum atomic E-state index is -0.683. The number of anilines is 1. The van der Waals surface area contributed by atoms with Gasteiger partial charge in [-0.1, -0.05) is 12.1 Å². The molecule has 136 valence electrons. The van der Waals surface area contributed by atoms with E-state index in [1.54, 1.807) is 11.3 Å². The van der Waals surface area contributed by atoms with Crippen LogP contribution in [0.3, 0.4) is 0 Å². The molecule has 0 aliphatic rings. The molecule has 3 aromatic rings. The summed E-state index contributed by atoms with van der Waals surface area (Å²) in [7, 11) is 0. The molecule has 10 heteroatoms. The zero-order chi connectivity index (χ0) is 19.2. The van der Waals surface area contributed by atoms with E-state index in [2.05, 4.69) is 10.5 Å². The number of non-ortho nitro benzene ring substituents is 1. The summed E-state index contributed by atoms with van der Waals surface area (Å²) >= 11 is 3.05. The van der Waals surface area contributed by atoms with Crippen molar-refractivity contribution in [3.8, 4) is 0 Å². The minimum absolute atomic E-state index is 0.0733. The highest BCUT2D eigenvalue weighted by atomic mass is 32.1. The van der Waals surface area contributed by atoms with Crippen LogP contribution in [-0.4, -0.2) is 15.6 Å². The normalized spacial score (nSPS) is 11.6. The number of hydrogen-bond acceptors (Lipinski definition) is 8. The standard InChI is InChI=1S/C17H12N4O4S2/c22-20(23)12-5-7-14(16(11-12)21(24)25)18-19-15(17-4-2-10-27-17)8-6-13-3-1-9-26-13/h1-11,18H/b8-6+,19-15?. The van der Waals surface area contributed by atoms with E-state index in [1.165, 1.54) is 23.5 Å². The van der Waals surface area contributed by atoms with Gasteiger partial charge >= 0.3 is 5.69 Å². The number of rotatable bonds is 7. The Bertz CT molecular complexity index is 1010. The predicted octanol–water partition coefficient (Wildman–Crippen LogP) is 5.16. The molecule has 0 saturated heterocycles. The van der Waals surface area contributed by atoms with Gasteiger partial charge in [0.15, 0.2) is 0 Å². The quantitative estimate of drug-likeness (QED) is 0.335. The molecule has 3 rings (SSSR count). The highest BCUT2D eigenvalue weighted by Gasteiger charge is 2.19. The predicted molar refractivity (Wildman–Crippen MR) is 108 cm³/mol. The number of nitrogens with zero attached hydrogens (tertiary/aromatic N) is 3. The molecule has 27 heavy (non-hydrogen) atoms. The van der Waals surface area contributed by atoms with Gasteiger partial charge in [0, 0.05) is 10.9 Å². The van der Waals surface area contributed by atoms with E-state index in [-0.39, 0.29) is 11.4 Å². The van der Waals surface area contributed by atoms with E-state index in [1.807, 2.05) is 47.2 Å². The molecule has 0 amide bonds. The average Bonchev–Trinajstić information content (AvgIpc) is 3.35. The van der Waals surface area contributed by atoms with Crippen LogP contribution in [0.25, 0.3) is 6.08 Å². The average molecular weight is 400 g/mol. The number of hydrazone groups is 1. The van der Waals surface area contributed by atoms with Gasteiger partial charge < -0.3 is 0 Å². The van der Waals surface area contributed by atoms with Crippen LogP contribution in [0, 0.1) is 20.2 Å². The van der Waals surface area contributed by atoms with E-state index in [9.17, 15) is 20.2 Å². The number of hydrogen-bond donors (Lipinski definition) is 1. The lowest BCUT2D eigenvalue weighted by atomic mass is 10.2. The van der Waals surface area contributed by atoms with E-state index in [0.717, 1.165) is 15.8 Å². The minimum Gasteiger partial charge on any atom is -0.271 e. The molecule has 2 heterocycles. The third-order valence-electron chi connectivity index (χ3n) is 3.41. The first kappa shape index (κ1) is 18.4. The lowest BCUT2D eigenvalue weighted by Crippen LogP contribution is -2.02. The number of thiophene rings is 2. The number of nitro benzene ring substituents is 2. The number of nitro groups is 2. The third-order valence-corrected chi connectivity index (χ3v) is 5.14. The molecular weight excluding hydrogens is 388 g/mol. The van der Waals surface area contributed by atoms with Gasteiger partial charge in [0.2, 0.25) is 0 Å². The third kappa shape index (κ3) is 4.63. The zero-order valence-corrected chi connectivity index (χ0v) is 15.3. The summed E-state index contributed by atoms with van der Waals surface area (Å²) in [6, 6.07) is 11.0. The van der Waals surface area contributed by atoms with Gasteiger partial charge in [-0.2, -0.15) is 5.10 Å². The molecule has 0 unspecified atom stereocenters. The van der Waals surface area contributed by atoms with Crippen LogP contribution in [0.4, 0.5) is 17.1 Å². The van der Waals surface area contributed by atoms with Gasteiger partial charge in [-0.15, -0.1) is 22.7 Å². The molecule has 2 aromatic heterocycles. The summed E-state index contributed by atoms with van der Waals surface area (Å²) in [5, 5.41) is 30.2. The van der Waals surface area contributed by atoms with Gasteiger partial charge in [0.25, 0.3) is 5.69 Å². The lowest BCUT2D eigenvalue weighted by Gasteiger charge is -2.04. The van der Waals surface area contributed by atoms with Crippen molar-refractivity contribution >= 4 is 51.5 Å². The van der Waals surface area contributed by atoms with Crippen LogP contribution in [0.2, 0.25) is 0 Å². The van der Waals surface area contributed by atoms with E-state index in [0.29, 0.717) is 5.71 Å². The van der Waals surface area contributed by atoms with Gasteiger partial charge in [-0.05, 0) is 41.1 Å². The topological polar surface area (TPSA) is 111 Å². The van der Waals surface area contributed by atoms with Crippen LogP contribution in [0.15, 0.2) is 64.4 Å². The SMILES string of the molecule is O=[N+]([O-])c1ccc(NN=C(/C=C/c2cccs2)c2cccs2)c([N+](=O)[O-])c1. The first-order chi connectivity index (χ1) is 13.0. The fraction of sp³-hybridized carbons (Fsp3) is 0. The van der Waals surface area contributed by atoms with Gasteiger partial charge in [-0.25, -0.2) is 0 Å². The smallest absolute Gasteiger partial charge is 0.271 e. The Labute approximate surface area is 161 Å². The maximum atomic E-state index is 11.2. The Balaban J connectivity index is 1.92. The van der Waals surface area contributed by atoms with Crippen LogP contribution >= 0.6 is 22.7 Å². The molecule has 0 fully saturated rings. The lowest BCUT2D eigenvalue weighted by molar-refractivity contribution is -0.393. The Kier molecular flexibility index (Phi) is 5.69. The van der Waals surface area contributed by atoms with Crippen LogP contribution in [0.1, 0.15) is 9.75 Å². The summed E-state index contributed by atoms with van der Waals surface area (Å²) in [5.41, 5.74) is 2.55. The number of allylic oxidation sites excluding steroid dienone is 1. The van der Waals surface area contributed by atoms with Gasteiger partial charge in [0.05, 0.1) is 20.8 Å². The Morgan fingerprint density at radius 2 is 1.81 bits per heavy atom. The largest absolute Gasteiger partial charge is 0.301 e. The molecule has 0 aliphatic heterocycles. The van der Waals surface area contributed by atoms with E-state index >= 15 is 0 Å². The summed E-state index contributed by atoms with van der Waals surface area (Å²) in [4.78, 5) is 22.6. The van der Waals surface area contributed by atoms with Gasteiger partial charge in [-0.3, -0.25) is 25.7 Å². The maximum Gasteiger partial charge on any atom is 0.301 e. The molecule has 0 radical (unpaired) electrons. The molecule has 8 nitrogen and oxygen atoms in total. The van der Waals surface area contributed by atoms with Crippen molar-refractivity contribution in [3.05, 3.63) is 89.3 Å². The fourth-order valence-electron chi connectivity index (χ4n) is 2.15. The van der Waals surface area contributed by atoms with Gasteiger partial charge in [0.1, 0.15) is 11.4 Å². The first-order valence-electron chi connectivity index (χ1n) is 7.56. The van der Waals surface area contributed by atoms with E-state index in [4.69, 9.17) is 0 Å². The molecule has 0 saturated carbocycles. The molecular formula is C17H12N4O4S2. The maximum absolute atomic E-state index is 11.2. The number of nitrogens with one attached hydrogen (secondary N) is 1. The van der Waals surface area contributed by atoms with Crippen molar-refractivity contribution in [2.24, 2.45) is 5.10 Å². The van der Waals surface area contributed by atoms with Crippen molar-refractivity contribution in [2.75, 3.05) is 5.43 Å². The summed E-state index contributed by atoms with van der Waals surface area (Å²) in [6.45, 7) is 0. The molecule has 1 aromatic carbocycles. The molecule has 1 N–H and O–H groups in total. The molecule has 0 aliphatic carbocycles. The summed E-state index contributed by atoms with van der Waals surface area (Å²) in [6.07, 6.45) is 3.71.